The van der Waals surface area contributed by atoms with E-state index in [1.54, 1.807) is 19.2 Å². The molecule has 2 N–H and O–H groups in total. The summed E-state index contributed by atoms with van der Waals surface area (Å²) in [7, 11) is 1.62. The first kappa shape index (κ1) is 29.6. The summed E-state index contributed by atoms with van der Waals surface area (Å²) in [6.07, 6.45) is 0.773. The summed E-state index contributed by atoms with van der Waals surface area (Å²) in [5.41, 5.74) is 3.66. The van der Waals surface area contributed by atoms with E-state index in [1.807, 2.05) is 24.3 Å². The van der Waals surface area contributed by atoms with Crippen LogP contribution in [0.3, 0.4) is 0 Å². The molecule has 4 aromatic rings. The Kier molecular flexibility index (Phi) is 8.00. The summed E-state index contributed by atoms with van der Waals surface area (Å²) in [4.78, 5) is 25.5. The number of halogens is 3. The molecule has 44 heavy (non-hydrogen) atoms. The number of nitrogens with zero attached hydrogens (tertiary/aromatic N) is 1. The highest BCUT2D eigenvalue weighted by atomic mass is 19.4. The van der Waals surface area contributed by atoms with Gasteiger partial charge in [0, 0.05) is 34.5 Å². The minimum absolute atomic E-state index is 0.160. The van der Waals surface area contributed by atoms with Crippen LogP contribution in [-0.2, 0) is 23.9 Å². The minimum Gasteiger partial charge on any atom is -0.497 e. The molecular weight excluding hydrogens is 573 g/mol. The van der Waals surface area contributed by atoms with E-state index in [0.717, 1.165) is 65.7 Å². The third-order valence-corrected chi connectivity index (χ3v) is 8.69. The largest absolute Gasteiger partial charge is 0.497 e. The average Bonchev–Trinajstić information content (AvgIpc) is 3.21. The number of hydrogen-bond acceptors (Lipinski definition) is 4. The van der Waals surface area contributed by atoms with Crippen molar-refractivity contribution >= 4 is 22.8 Å². The lowest BCUT2D eigenvalue weighted by Crippen LogP contribution is -2.42. The molecule has 1 aliphatic carbocycles. The van der Waals surface area contributed by atoms with Gasteiger partial charge >= 0.3 is 12.1 Å². The predicted octanol–water partition coefficient (Wildman–Crippen LogP) is 7.20. The zero-order chi connectivity index (χ0) is 31.0. The number of aliphatic carboxylic acids is 1. The minimum atomic E-state index is -4.56. The number of carbonyl (C=O) groups is 2. The number of carboxylic acid groups (broad SMARTS) is 1. The number of benzene rings is 3. The molecule has 0 unspecified atom stereocenters. The number of hydrogen-bond donors (Lipinski definition) is 2. The summed E-state index contributed by atoms with van der Waals surface area (Å²) >= 11 is 0. The molecule has 10 heteroatoms. The van der Waals surface area contributed by atoms with E-state index in [-0.39, 0.29) is 17.5 Å². The normalized spacial score (nSPS) is 15.9. The zero-order valence-corrected chi connectivity index (χ0v) is 24.2. The van der Waals surface area contributed by atoms with Crippen LogP contribution in [0, 0.1) is 0 Å². The molecule has 1 amide bonds. The van der Waals surface area contributed by atoms with E-state index in [2.05, 4.69) is 9.88 Å². The first-order chi connectivity index (χ1) is 21.1. The standard InChI is InChI=1S/C34H33F3N2O5/c1-43-24-11-13-26-29(19-24)44-15-14-39-28-18-22(10-12-25(28)30(31(26)39)21-7-3-2-4-8-21)32(40)38-27(33(41)42)17-20-6-5-9-23(16-20)34(35,36)37/h5-6,9-13,16,18-19,21,27H,2-4,7-8,14-15,17H2,1H3,(H,38,40)(H,41,42)/t27-/m0/s1. The maximum absolute atomic E-state index is 13.4. The number of alkyl halides is 3. The van der Waals surface area contributed by atoms with E-state index in [0.29, 0.717) is 24.8 Å². The van der Waals surface area contributed by atoms with Crippen LogP contribution in [0.4, 0.5) is 13.2 Å². The maximum atomic E-state index is 13.4. The summed E-state index contributed by atoms with van der Waals surface area (Å²) in [5.74, 6) is -0.170. The number of methoxy groups -OCH3 is 1. The Bertz CT molecular complexity index is 1720. The van der Waals surface area contributed by atoms with E-state index in [4.69, 9.17) is 9.47 Å². The fourth-order valence-electron chi connectivity index (χ4n) is 6.59. The second-order valence-electron chi connectivity index (χ2n) is 11.5. The van der Waals surface area contributed by atoms with Gasteiger partial charge in [-0.2, -0.15) is 13.2 Å². The number of carboxylic acids is 1. The van der Waals surface area contributed by atoms with Crippen LogP contribution in [-0.4, -0.2) is 41.3 Å². The van der Waals surface area contributed by atoms with Crippen molar-refractivity contribution in [2.45, 2.75) is 63.2 Å². The zero-order valence-electron chi connectivity index (χ0n) is 24.2. The molecule has 1 atom stereocenters. The van der Waals surface area contributed by atoms with Crippen molar-refractivity contribution in [1.29, 1.82) is 0 Å². The van der Waals surface area contributed by atoms with Gasteiger partial charge in [-0.25, -0.2) is 4.79 Å². The van der Waals surface area contributed by atoms with Gasteiger partial charge in [-0.3, -0.25) is 4.79 Å². The number of amides is 1. The van der Waals surface area contributed by atoms with E-state index in [9.17, 15) is 27.9 Å². The number of ether oxygens (including phenoxy) is 2. The van der Waals surface area contributed by atoms with E-state index in [1.165, 1.54) is 24.1 Å². The molecule has 230 valence electrons. The fraction of sp³-hybridized carbons (Fsp3) is 0.353. The molecule has 1 saturated carbocycles. The topological polar surface area (TPSA) is 89.8 Å². The molecule has 0 spiro atoms. The Morgan fingerprint density at radius 3 is 2.59 bits per heavy atom. The Labute approximate surface area is 252 Å². The van der Waals surface area contributed by atoms with Gasteiger partial charge in [0.25, 0.3) is 5.91 Å². The Morgan fingerprint density at radius 1 is 1.07 bits per heavy atom. The number of aromatic nitrogens is 1. The fourth-order valence-corrected chi connectivity index (χ4v) is 6.59. The van der Waals surface area contributed by atoms with E-state index >= 15 is 0 Å². The first-order valence-electron chi connectivity index (χ1n) is 14.8. The van der Waals surface area contributed by atoms with Crippen molar-refractivity contribution in [3.05, 3.63) is 82.9 Å². The molecule has 0 saturated heterocycles. The summed E-state index contributed by atoms with van der Waals surface area (Å²) in [6.45, 7) is 0.962. The lowest BCUT2D eigenvalue weighted by Gasteiger charge is -2.23. The van der Waals surface area contributed by atoms with Crippen LogP contribution in [0.5, 0.6) is 11.5 Å². The summed E-state index contributed by atoms with van der Waals surface area (Å²) in [6, 6.07) is 14.3. The smallest absolute Gasteiger partial charge is 0.416 e. The summed E-state index contributed by atoms with van der Waals surface area (Å²) < 4.78 is 53.4. The van der Waals surface area contributed by atoms with Gasteiger partial charge in [-0.05, 0) is 60.2 Å². The Morgan fingerprint density at radius 2 is 1.86 bits per heavy atom. The van der Waals surface area contributed by atoms with Gasteiger partial charge in [-0.1, -0.05) is 43.5 Å². The molecule has 7 nitrogen and oxygen atoms in total. The van der Waals surface area contributed by atoms with Crippen molar-refractivity contribution in [3.63, 3.8) is 0 Å². The van der Waals surface area contributed by atoms with Crippen molar-refractivity contribution in [3.8, 4) is 22.8 Å². The van der Waals surface area contributed by atoms with Crippen molar-refractivity contribution in [2.75, 3.05) is 13.7 Å². The van der Waals surface area contributed by atoms with Gasteiger partial charge < -0.3 is 24.5 Å². The highest BCUT2D eigenvalue weighted by molar-refractivity contribution is 6.02. The first-order valence-corrected chi connectivity index (χ1v) is 14.8. The average molecular weight is 607 g/mol. The third-order valence-electron chi connectivity index (χ3n) is 8.69. The van der Waals surface area contributed by atoms with Crippen molar-refractivity contribution in [1.82, 2.24) is 9.88 Å². The predicted molar refractivity (Wildman–Crippen MR) is 159 cm³/mol. The number of fused-ring (bicyclic) bond motifs is 5. The highest BCUT2D eigenvalue weighted by Crippen LogP contribution is 2.47. The van der Waals surface area contributed by atoms with Crippen LogP contribution in [0.15, 0.2) is 60.7 Å². The molecule has 1 fully saturated rings. The maximum Gasteiger partial charge on any atom is 0.416 e. The van der Waals surface area contributed by atoms with Gasteiger partial charge in [0.05, 0.1) is 24.9 Å². The van der Waals surface area contributed by atoms with Crippen LogP contribution in [0.2, 0.25) is 0 Å². The molecule has 1 aromatic heterocycles. The van der Waals surface area contributed by atoms with Gasteiger partial charge in [0.15, 0.2) is 0 Å². The number of rotatable bonds is 7. The molecular formula is C34H33F3N2O5. The monoisotopic (exact) mass is 606 g/mol. The number of nitrogens with one attached hydrogen (secondary N) is 1. The summed E-state index contributed by atoms with van der Waals surface area (Å²) in [5, 5.41) is 13.4. The molecule has 1 aliphatic heterocycles. The van der Waals surface area contributed by atoms with Crippen LogP contribution >= 0.6 is 0 Å². The molecule has 6 rings (SSSR count). The second-order valence-corrected chi connectivity index (χ2v) is 11.5. The Hall–Kier alpha value is -4.47. The number of carbonyl (C=O) groups excluding carboxylic acids is 1. The van der Waals surface area contributed by atoms with Gasteiger partial charge in [0.2, 0.25) is 0 Å². The van der Waals surface area contributed by atoms with Crippen LogP contribution < -0.4 is 14.8 Å². The molecule has 2 heterocycles. The van der Waals surface area contributed by atoms with Crippen LogP contribution in [0.1, 0.15) is 65.1 Å². The molecule has 2 aliphatic rings. The molecule has 0 radical (unpaired) electrons. The van der Waals surface area contributed by atoms with Gasteiger partial charge in [0.1, 0.15) is 24.1 Å². The molecule has 0 bridgehead atoms. The SMILES string of the molecule is COc1ccc2c(c1)OCCn1c-2c(C2CCCCC2)c2ccc(C(=O)N[C@@H](Cc3cccc(C(F)(F)F)c3)C(=O)O)cc21. The Balaban J connectivity index is 1.37. The lowest BCUT2D eigenvalue weighted by atomic mass is 9.81. The van der Waals surface area contributed by atoms with E-state index < -0.39 is 29.7 Å². The van der Waals surface area contributed by atoms with Crippen molar-refractivity contribution < 1.29 is 37.3 Å². The quantitative estimate of drug-likeness (QED) is 0.232. The third kappa shape index (κ3) is 5.73. The molecule has 3 aromatic carbocycles. The van der Waals surface area contributed by atoms with Crippen LogP contribution in [0.25, 0.3) is 22.2 Å². The van der Waals surface area contributed by atoms with Gasteiger partial charge in [-0.15, -0.1) is 0 Å². The lowest BCUT2D eigenvalue weighted by molar-refractivity contribution is -0.139. The highest BCUT2D eigenvalue weighted by Gasteiger charge is 2.32. The second kappa shape index (κ2) is 11.9. The van der Waals surface area contributed by atoms with Crippen molar-refractivity contribution in [2.24, 2.45) is 0 Å².